The molecule has 1 aromatic carbocycles. The van der Waals surface area contributed by atoms with Gasteiger partial charge >= 0.3 is 0 Å². The van der Waals surface area contributed by atoms with E-state index in [0.717, 1.165) is 12.8 Å². The third-order valence-electron chi connectivity index (χ3n) is 3.46. The molecule has 2 rings (SSSR count). The third kappa shape index (κ3) is 3.22. The first-order chi connectivity index (χ1) is 8.93. The molecule has 6 heteroatoms. The van der Waals surface area contributed by atoms with Crippen molar-refractivity contribution in [1.29, 1.82) is 0 Å². The van der Waals surface area contributed by atoms with Gasteiger partial charge in [0.25, 0.3) is 0 Å². The fourth-order valence-corrected chi connectivity index (χ4v) is 3.94. The van der Waals surface area contributed by atoms with E-state index in [-0.39, 0.29) is 10.3 Å². The molecule has 0 amide bonds. The zero-order valence-electron chi connectivity index (χ0n) is 11.0. The summed E-state index contributed by atoms with van der Waals surface area (Å²) in [5, 5.41) is 0.210. The van der Waals surface area contributed by atoms with Crippen LogP contribution in [0.1, 0.15) is 12.8 Å². The third-order valence-corrected chi connectivity index (χ3v) is 5.66. The molecule has 4 nitrogen and oxygen atoms in total. The second kappa shape index (κ2) is 5.69. The first kappa shape index (κ1) is 14.6. The molecule has 1 fully saturated rings. The van der Waals surface area contributed by atoms with Gasteiger partial charge in [-0.25, -0.2) is 12.7 Å². The number of hydrogen-bond acceptors (Lipinski definition) is 3. The predicted octanol–water partition coefficient (Wildman–Crippen LogP) is 2.33. The fourth-order valence-electron chi connectivity index (χ4n) is 2.19. The maximum atomic E-state index is 12.3. The minimum absolute atomic E-state index is 0.210. The Morgan fingerprint density at radius 3 is 2.37 bits per heavy atom. The number of halogens is 1. The van der Waals surface area contributed by atoms with Crippen molar-refractivity contribution in [3.05, 3.63) is 24.3 Å². The van der Waals surface area contributed by atoms with Gasteiger partial charge in [-0.1, -0.05) is 0 Å². The molecule has 106 valence electrons. The molecule has 0 spiro atoms. The highest BCUT2D eigenvalue weighted by molar-refractivity contribution is 7.89. The number of alkyl halides is 1. The van der Waals surface area contributed by atoms with Gasteiger partial charge in [-0.3, -0.25) is 0 Å². The summed E-state index contributed by atoms with van der Waals surface area (Å²) in [6.45, 7) is 0.525. The standard InChI is InChI=1S/C13H18ClNO3S/c1-15(9-10-7-11(14)8-10)19(16,17)13-5-3-12(18-2)4-6-13/h3-6,10-11H,7-9H2,1-2H3. The Hall–Kier alpha value is -0.780. The van der Waals surface area contributed by atoms with Crippen LogP contribution in [0.5, 0.6) is 5.75 Å². The Labute approximate surface area is 119 Å². The fraction of sp³-hybridized carbons (Fsp3) is 0.538. The average molecular weight is 304 g/mol. The van der Waals surface area contributed by atoms with Crippen LogP contribution in [0, 0.1) is 5.92 Å². The molecular weight excluding hydrogens is 286 g/mol. The summed E-state index contributed by atoms with van der Waals surface area (Å²) in [5.74, 6) is 1.02. The summed E-state index contributed by atoms with van der Waals surface area (Å²) in [6.07, 6.45) is 1.79. The van der Waals surface area contributed by atoms with Gasteiger partial charge in [0.2, 0.25) is 10.0 Å². The van der Waals surface area contributed by atoms with Crippen molar-refractivity contribution in [1.82, 2.24) is 4.31 Å². The summed E-state index contributed by atoms with van der Waals surface area (Å²) in [6, 6.07) is 6.43. The van der Waals surface area contributed by atoms with Crippen LogP contribution in [-0.2, 0) is 10.0 Å². The monoisotopic (exact) mass is 303 g/mol. The lowest BCUT2D eigenvalue weighted by Crippen LogP contribution is -2.37. The van der Waals surface area contributed by atoms with Crippen LogP contribution in [0.3, 0.4) is 0 Å². The van der Waals surface area contributed by atoms with Crippen molar-refractivity contribution in [3.8, 4) is 5.75 Å². The molecule has 1 aromatic rings. The number of benzene rings is 1. The van der Waals surface area contributed by atoms with Gasteiger partial charge < -0.3 is 4.74 Å². The van der Waals surface area contributed by atoms with Crippen LogP contribution >= 0.6 is 11.6 Å². The number of rotatable bonds is 5. The van der Waals surface area contributed by atoms with E-state index in [4.69, 9.17) is 16.3 Å². The normalized spacial score (nSPS) is 23.2. The second-order valence-electron chi connectivity index (χ2n) is 4.90. The molecular formula is C13H18ClNO3S. The summed E-state index contributed by atoms with van der Waals surface area (Å²) in [4.78, 5) is 0.289. The number of hydrogen-bond donors (Lipinski definition) is 0. The molecule has 0 unspecified atom stereocenters. The number of sulfonamides is 1. The minimum atomic E-state index is -3.42. The maximum Gasteiger partial charge on any atom is 0.242 e. The Morgan fingerprint density at radius 1 is 1.32 bits per heavy atom. The highest BCUT2D eigenvalue weighted by atomic mass is 35.5. The highest BCUT2D eigenvalue weighted by Crippen LogP contribution is 2.33. The number of nitrogens with zero attached hydrogens (tertiary/aromatic N) is 1. The summed E-state index contributed by atoms with van der Waals surface area (Å²) in [5.41, 5.74) is 0. The predicted molar refractivity (Wildman–Crippen MR) is 75.2 cm³/mol. The van der Waals surface area contributed by atoms with E-state index in [0.29, 0.717) is 18.2 Å². The highest BCUT2D eigenvalue weighted by Gasteiger charge is 2.31. The Balaban J connectivity index is 2.07. The van der Waals surface area contributed by atoms with Crippen LogP contribution in [0.25, 0.3) is 0 Å². The van der Waals surface area contributed by atoms with Gasteiger partial charge in [0.1, 0.15) is 5.75 Å². The first-order valence-corrected chi connectivity index (χ1v) is 8.05. The molecule has 1 aliphatic carbocycles. The van der Waals surface area contributed by atoms with Crippen molar-refractivity contribution >= 4 is 21.6 Å². The molecule has 0 bridgehead atoms. The van der Waals surface area contributed by atoms with Crippen molar-refractivity contribution in [2.24, 2.45) is 5.92 Å². The topological polar surface area (TPSA) is 46.6 Å². The zero-order chi connectivity index (χ0) is 14.0. The van der Waals surface area contributed by atoms with E-state index in [2.05, 4.69) is 0 Å². The first-order valence-electron chi connectivity index (χ1n) is 6.18. The smallest absolute Gasteiger partial charge is 0.242 e. The van der Waals surface area contributed by atoms with E-state index >= 15 is 0 Å². The molecule has 0 saturated heterocycles. The van der Waals surface area contributed by atoms with Crippen molar-refractivity contribution < 1.29 is 13.2 Å². The van der Waals surface area contributed by atoms with Crippen LogP contribution in [0.2, 0.25) is 0 Å². The van der Waals surface area contributed by atoms with Gasteiger partial charge in [-0.05, 0) is 43.0 Å². The molecule has 0 radical (unpaired) electrons. The molecule has 1 aliphatic rings. The van der Waals surface area contributed by atoms with E-state index < -0.39 is 10.0 Å². The maximum absolute atomic E-state index is 12.3. The van der Waals surface area contributed by atoms with Crippen LogP contribution in [0.4, 0.5) is 0 Å². The van der Waals surface area contributed by atoms with Gasteiger partial charge in [-0.15, -0.1) is 11.6 Å². The quantitative estimate of drug-likeness (QED) is 0.784. The molecule has 19 heavy (non-hydrogen) atoms. The summed E-state index contributed by atoms with van der Waals surface area (Å²) >= 11 is 5.91. The number of methoxy groups -OCH3 is 1. The Bertz CT molecular complexity index is 523. The Kier molecular flexibility index (Phi) is 4.38. The van der Waals surface area contributed by atoms with Gasteiger partial charge in [0.15, 0.2) is 0 Å². The molecule has 0 heterocycles. The Morgan fingerprint density at radius 2 is 1.89 bits per heavy atom. The number of ether oxygens (including phenoxy) is 1. The largest absolute Gasteiger partial charge is 0.497 e. The van der Waals surface area contributed by atoms with E-state index in [1.165, 1.54) is 4.31 Å². The molecule has 0 atom stereocenters. The minimum Gasteiger partial charge on any atom is -0.497 e. The lowest BCUT2D eigenvalue weighted by Gasteiger charge is -2.33. The lowest BCUT2D eigenvalue weighted by atomic mass is 9.85. The second-order valence-corrected chi connectivity index (χ2v) is 7.56. The average Bonchev–Trinajstić information content (AvgIpc) is 2.36. The molecule has 0 aliphatic heterocycles. The van der Waals surface area contributed by atoms with E-state index in [1.54, 1.807) is 38.4 Å². The van der Waals surface area contributed by atoms with Crippen LogP contribution in [0.15, 0.2) is 29.2 Å². The summed E-state index contributed by atoms with van der Waals surface area (Å²) in [7, 11) is -0.255. The van der Waals surface area contributed by atoms with Gasteiger partial charge in [0.05, 0.1) is 12.0 Å². The SMILES string of the molecule is COc1ccc(S(=O)(=O)N(C)CC2CC(Cl)C2)cc1. The van der Waals surface area contributed by atoms with Crippen molar-refractivity contribution in [2.75, 3.05) is 20.7 Å². The van der Waals surface area contributed by atoms with Crippen molar-refractivity contribution in [2.45, 2.75) is 23.1 Å². The molecule has 0 N–H and O–H groups in total. The molecule has 1 saturated carbocycles. The lowest BCUT2D eigenvalue weighted by molar-refractivity contribution is 0.268. The van der Waals surface area contributed by atoms with Gasteiger partial charge in [-0.2, -0.15) is 0 Å². The van der Waals surface area contributed by atoms with E-state index in [1.807, 2.05) is 0 Å². The van der Waals surface area contributed by atoms with Crippen LogP contribution in [-0.4, -0.2) is 38.8 Å². The molecule has 0 aromatic heterocycles. The van der Waals surface area contributed by atoms with Crippen molar-refractivity contribution in [3.63, 3.8) is 0 Å². The zero-order valence-corrected chi connectivity index (χ0v) is 12.6. The van der Waals surface area contributed by atoms with Gasteiger partial charge in [0, 0.05) is 19.0 Å². The van der Waals surface area contributed by atoms with Crippen LogP contribution < -0.4 is 4.74 Å². The summed E-state index contributed by atoms with van der Waals surface area (Å²) < 4.78 is 31.1. The van der Waals surface area contributed by atoms with E-state index in [9.17, 15) is 8.42 Å².